The maximum Gasteiger partial charge on any atom is 0.257 e. The van der Waals surface area contributed by atoms with E-state index in [1.165, 1.54) is 6.20 Å². The molecule has 1 amide bonds. The highest BCUT2D eigenvalue weighted by Crippen LogP contribution is 2.24. The van der Waals surface area contributed by atoms with Crippen molar-refractivity contribution in [2.24, 2.45) is 0 Å². The summed E-state index contributed by atoms with van der Waals surface area (Å²) in [5.74, 6) is 1.11. The largest absolute Gasteiger partial charge is 0.463 e. The van der Waals surface area contributed by atoms with Crippen molar-refractivity contribution in [1.29, 1.82) is 0 Å². The summed E-state index contributed by atoms with van der Waals surface area (Å²) in [5.41, 5.74) is -0.241. The minimum absolute atomic E-state index is 0.00179. The molecule has 0 saturated carbocycles. The number of aromatic nitrogens is 1. The lowest BCUT2D eigenvalue weighted by Crippen LogP contribution is -2.38. The lowest BCUT2D eigenvalue weighted by Gasteiger charge is -2.21. The monoisotopic (exact) mass is 326 g/mol. The standard InChI is InChI=1S/C18H18N2O4/c1-12-8-9-15(23-12)18(2,22)11-19-17(21)14-10-20-24-16(14)13-6-4-3-5-7-13/h3-10,22H,11H2,1-2H3,(H,19,21). The quantitative estimate of drug-likeness (QED) is 0.752. The molecule has 6 heteroatoms. The van der Waals surface area contributed by atoms with Gasteiger partial charge < -0.3 is 19.4 Å². The Morgan fingerprint density at radius 3 is 2.67 bits per heavy atom. The third-order valence-corrected chi connectivity index (χ3v) is 3.72. The Balaban J connectivity index is 1.74. The number of amides is 1. The first-order valence-electron chi connectivity index (χ1n) is 7.55. The molecule has 24 heavy (non-hydrogen) atoms. The van der Waals surface area contributed by atoms with Crippen LogP contribution in [0.4, 0.5) is 0 Å². The Labute approximate surface area is 139 Å². The molecule has 0 aliphatic carbocycles. The fourth-order valence-corrected chi connectivity index (χ4v) is 2.36. The molecule has 2 aromatic heterocycles. The van der Waals surface area contributed by atoms with Crippen molar-refractivity contribution in [3.63, 3.8) is 0 Å². The number of nitrogens with one attached hydrogen (secondary N) is 1. The fourth-order valence-electron chi connectivity index (χ4n) is 2.36. The van der Waals surface area contributed by atoms with E-state index in [1.807, 2.05) is 30.3 Å². The van der Waals surface area contributed by atoms with Gasteiger partial charge in [0.05, 0.1) is 12.7 Å². The molecule has 0 bridgehead atoms. The summed E-state index contributed by atoms with van der Waals surface area (Å²) in [5, 5.41) is 16.9. The SMILES string of the molecule is Cc1ccc(C(C)(O)CNC(=O)c2cnoc2-c2ccccc2)o1. The highest BCUT2D eigenvalue weighted by atomic mass is 16.5. The van der Waals surface area contributed by atoms with Gasteiger partial charge in [0.2, 0.25) is 0 Å². The smallest absolute Gasteiger partial charge is 0.257 e. The van der Waals surface area contributed by atoms with E-state index in [-0.39, 0.29) is 12.5 Å². The molecular formula is C18H18N2O4. The molecule has 2 N–H and O–H groups in total. The number of carbonyl (C=O) groups excluding carboxylic acids is 1. The van der Waals surface area contributed by atoms with E-state index < -0.39 is 5.60 Å². The van der Waals surface area contributed by atoms with Crippen LogP contribution in [0.15, 0.2) is 57.6 Å². The molecule has 0 aliphatic rings. The molecule has 1 aromatic carbocycles. The second-order valence-corrected chi connectivity index (χ2v) is 5.80. The van der Waals surface area contributed by atoms with Crippen LogP contribution in [-0.2, 0) is 5.60 Å². The maximum absolute atomic E-state index is 12.4. The van der Waals surface area contributed by atoms with Crippen molar-refractivity contribution in [1.82, 2.24) is 10.5 Å². The highest BCUT2D eigenvalue weighted by molar-refractivity contribution is 5.99. The normalized spacial score (nSPS) is 13.5. The van der Waals surface area contributed by atoms with Gasteiger partial charge in [-0.05, 0) is 26.0 Å². The number of hydrogen-bond acceptors (Lipinski definition) is 5. The Morgan fingerprint density at radius 1 is 1.25 bits per heavy atom. The number of furan rings is 1. The number of benzene rings is 1. The zero-order valence-electron chi connectivity index (χ0n) is 13.4. The average molecular weight is 326 g/mol. The minimum Gasteiger partial charge on any atom is -0.463 e. The van der Waals surface area contributed by atoms with Crippen LogP contribution >= 0.6 is 0 Å². The summed E-state index contributed by atoms with van der Waals surface area (Å²) >= 11 is 0. The van der Waals surface area contributed by atoms with Crippen LogP contribution < -0.4 is 5.32 Å². The second-order valence-electron chi connectivity index (χ2n) is 5.80. The summed E-state index contributed by atoms with van der Waals surface area (Å²) in [6.07, 6.45) is 1.36. The first-order chi connectivity index (χ1) is 11.5. The van der Waals surface area contributed by atoms with Gasteiger partial charge in [-0.25, -0.2) is 0 Å². The third-order valence-electron chi connectivity index (χ3n) is 3.72. The van der Waals surface area contributed by atoms with E-state index in [0.29, 0.717) is 22.8 Å². The molecule has 1 unspecified atom stereocenters. The zero-order valence-corrected chi connectivity index (χ0v) is 13.4. The number of aryl methyl sites for hydroxylation is 1. The van der Waals surface area contributed by atoms with Crippen molar-refractivity contribution in [2.75, 3.05) is 6.54 Å². The van der Waals surface area contributed by atoms with Gasteiger partial charge in [-0.2, -0.15) is 0 Å². The molecule has 3 aromatic rings. The number of carbonyl (C=O) groups is 1. The zero-order chi connectivity index (χ0) is 17.2. The van der Waals surface area contributed by atoms with Gasteiger partial charge in [-0.15, -0.1) is 0 Å². The van der Waals surface area contributed by atoms with Gasteiger partial charge in [0.25, 0.3) is 5.91 Å². The van der Waals surface area contributed by atoms with Crippen LogP contribution in [0.2, 0.25) is 0 Å². The summed E-state index contributed by atoms with van der Waals surface area (Å²) < 4.78 is 10.6. The van der Waals surface area contributed by atoms with Crippen LogP contribution in [0.25, 0.3) is 11.3 Å². The van der Waals surface area contributed by atoms with Gasteiger partial charge in [-0.3, -0.25) is 4.79 Å². The van der Waals surface area contributed by atoms with Gasteiger partial charge >= 0.3 is 0 Å². The van der Waals surface area contributed by atoms with Crippen LogP contribution in [0.5, 0.6) is 0 Å². The highest BCUT2D eigenvalue weighted by Gasteiger charge is 2.28. The van der Waals surface area contributed by atoms with E-state index in [0.717, 1.165) is 5.56 Å². The minimum atomic E-state index is -1.31. The molecule has 0 spiro atoms. The van der Waals surface area contributed by atoms with Crippen molar-refractivity contribution < 1.29 is 18.8 Å². The Bertz CT molecular complexity index is 834. The lowest BCUT2D eigenvalue weighted by molar-refractivity contribution is 0.0323. The fraction of sp³-hybridized carbons (Fsp3) is 0.222. The number of rotatable bonds is 5. The third kappa shape index (κ3) is 3.23. The molecule has 0 radical (unpaired) electrons. The lowest BCUT2D eigenvalue weighted by atomic mass is 10.0. The maximum atomic E-state index is 12.4. The number of nitrogens with zero attached hydrogens (tertiary/aromatic N) is 1. The Kier molecular flexibility index (Phi) is 4.22. The first kappa shape index (κ1) is 16.0. The Hall–Kier alpha value is -2.86. The van der Waals surface area contributed by atoms with Crippen molar-refractivity contribution in [3.05, 3.63) is 65.7 Å². The van der Waals surface area contributed by atoms with Gasteiger partial charge in [0, 0.05) is 5.56 Å². The topological polar surface area (TPSA) is 88.5 Å². The molecule has 124 valence electrons. The number of aliphatic hydroxyl groups is 1. The molecule has 0 fully saturated rings. The molecule has 0 aliphatic heterocycles. The van der Waals surface area contributed by atoms with E-state index in [4.69, 9.17) is 8.94 Å². The van der Waals surface area contributed by atoms with Crippen LogP contribution in [-0.4, -0.2) is 22.7 Å². The predicted molar refractivity (Wildman–Crippen MR) is 87.3 cm³/mol. The predicted octanol–water partition coefficient (Wildman–Crippen LogP) is 2.88. The first-order valence-corrected chi connectivity index (χ1v) is 7.55. The summed E-state index contributed by atoms with van der Waals surface area (Å²) in [4.78, 5) is 12.4. The van der Waals surface area contributed by atoms with Gasteiger partial charge in [0.15, 0.2) is 5.76 Å². The van der Waals surface area contributed by atoms with Crippen molar-refractivity contribution in [3.8, 4) is 11.3 Å². The second kappa shape index (κ2) is 6.33. The molecule has 2 heterocycles. The van der Waals surface area contributed by atoms with E-state index in [2.05, 4.69) is 10.5 Å². The molecule has 1 atom stereocenters. The van der Waals surface area contributed by atoms with E-state index in [9.17, 15) is 9.90 Å². The molecule has 6 nitrogen and oxygen atoms in total. The summed E-state index contributed by atoms with van der Waals surface area (Å²) in [6.45, 7) is 3.37. The van der Waals surface area contributed by atoms with E-state index >= 15 is 0 Å². The molecule has 0 saturated heterocycles. The van der Waals surface area contributed by atoms with Gasteiger partial charge in [0.1, 0.15) is 22.7 Å². The van der Waals surface area contributed by atoms with Crippen LogP contribution in [0.3, 0.4) is 0 Å². The summed E-state index contributed by atoms with van der Waals surface area (Å²) in [7, 11) is 0. The molecule has 3 rings (SSSR count). The van der Waals surface area contributed by atoms with Gasteiger partial charge in [-0.1, -0.05) is 35.5 Å². The number of hydrogen-bond donors (Lipinski definition) is 2. The Morgan fingerprint density at radius 2 is 2.00 bits per heavy atom. The average Bonchev–Trinajstić information content (AvgIpc) is 3.23. The van der Waals surface area contributed by atoms with E-state index in [1.54, 1.807) is 26.0 Å². The van der Waals surface area contributed by atoms with Crippen molar-refractivity contribution >= 4 is 5.91 Å². The van der Waals surface area contributed by atoms with Crippen LogP contribution in [0, 0.1) is 6.92 Å². The van der Waals surface area contributed by atoms with Crippen LogP contribution in [0.1, 0.15) is 28.8 Å². The van der Waals surface area contributed by atoms with Crippen molar-refractivity contribution in [2.45, 2.75) is 19.4 Å². The molecular weight excluding hydrogens is 308 g/mol. The summed E-state index contributed by atoms with van der Waals surface area (Å²) in [6, 6.07) is 12.7.